The number of methoxy groups -OCH3 is 1. The minimum absolute atomic E-state index is 0.233. The molecular formula is C17H27NO3. The maximum atomic E-state index is 10.4. The first-order valence-electron chi connectivity index (χ1n) is 7.70. The summed E-state index contributed by atoms with van der Waals surface area (Å²) < 4.78 is 10.9. The Morgan fingerprint density at radius 3 is 3.05 bits per heavy atom. The molecule has 2 rings (SSSR count). The Hall–Kier alpha value is -1.10. The zero-order chi connectivity index (χ0) is 15.3. The Labute approximate surface area is 127 Å². The van der Waals surface area contributed by atoms with Gasteiger partial charge < -0.3 is 19.9 Å². The second kappa shape index (κ2) is 7.25. The van der Waals surface area contributed by atoms with Crippen molar-refractivity contribution in [1.82, 2.24) is 5.32 Å². The van der Waals surface area contributed by atoms with E-state index in [-0.39, 0.29) is 6.04 Å². The molecule has 0 saturated carbocycles. The van der Waals surface area contributed by atoms with E-state index in [1.807, 2.05) is 6.92 Å². The van der Waals surface area contributed by atoms with Crippen molar-refractivity contribution in [3.8, 4) is 5.75 Å². The molecule has 4 nitrogen and oxygen atoms in total. The number of ether oxygens (including phenoxy) is 2. The van der Waals surface area contributed by atoms with Gasteiger partial charge in [-0.3, -0.25) is 0 Å². The molecule has 1 aromatic rings. The molecule has 1 aromatic carbocycles. The highest BCUT2D eigenvalue weighted by Gasteiger charge is 2.25. The Kier molecular flexibility index (Phi) is 5.62. The van der Waals surface area contributed by atoms with Crippen molar-refractivity contribution < 1.29 is 14.6 Å². The van der Waals surface area contributed by atoms with Crippen LogP contribution in [0.25, 0.3) is 0 Å². The van der Waals surface area contributed by atoms with Gasteiger partial charge in [0.05, 0.1) is 12.2 Å². The lowest BCUT2D eigenvalue weighted by atomic mass is 9.97. The van der Waals surface area contributed by atoms with E-state index in [0.29, 0.717) is 19.6 Å². The molecule has 1 aliphatic heterocycles. The number of para-hydroxylation sites is 1. The maximum Gasteiger partial charge on any atom is 0.126 e. The van der Waals surface area contributed by atoms with Crippen molar-refractivity contribution in [1.29, 1.82) is 0 Å². The molecule has 0 radical (unpaired) electrons. The fourth-order valence-electron chi connectivity index (χ4n) is 2.73. The van der Waals surface area contributed by atoms with Crippen LogP contribution in [0.1, 0.15) is 43.4 Å². The summed E-state index contributed by atoms with van der Waals surface area (Å²) in [6.07, 6.45) is 2.67. The molecule has 2 N–H and O–H groups in total. The van der Waals surface area contributed by atoms with Crippen LogP contribution in [0.3, 0.4) is 0 Å². The minimum Gasteiger partial charge on any atom is -0.493 e. The van der Waals surface area contributed by atoms with Crippen LogP contribution in [-0.2, 0) is 4.74 Å². The molecule has 4 heteroatoms. The van der Waals surface area contributed by atoms with Crippen LogP contribution in [0.2, 0.25) is 0 Å². The molecule has 0 spiro atoms. The van der Waals surface area contributed by atoms with Gasteiger partial charge in [-0.2, -0.15) is 0 Å². The second-order valence-electron chi connectivity index (χ2n) is 6.16. The first kappa shape index (κ1) is 16.3. The largest absolute Gasteiger partial charge is 0.493 e. The van der Waals surface area contributed by atoms with E-state index in [2.05, 4.69) is 30.4 Å². The third kappa shape index (κ3) is 4.43. The van der Waals surface area contributed by atoms with E-state index in [1.54, 1.807) is 7.11 Å². The van der Waals surface area contributed by atoms with Crippen molar-refractivity contribution in [3.05, 3.63) is 29.3 Å². The topological polar surface area (TPSA) is 50.7 Å². The van der Waals surface area contributed by atoms with E-state index in [9.17, 15) is 5.11 Å². The van der Waals surface area contributed by atoms with E-state index < -0.39 is 5.60 Å². The molecule has 0 aliphatic carbocycles. The van der Waals surface area contributed by atoms with Crippen LogP contribution in [0.15, 0.2) is 18.2 Å². The lowest BCUT2D eigenvalue weighted by Crippen LogP contribution is -2.40. The molecule has 0 bridgehead atoms. The van der Waals surface area contributed by atoms with Gasteiger partial charge in [-0.1, -0.05) is 18.2 Å². The number of aryl methyl sites for hydroxylation is 1. The van der Waals surface area contributed by atoms with E-state index in [4.69, 9.17) is 9.47 Å². The summed E-state index contributed by atoms with van der Waals surface area (Å²) in [5, 5.41) is 13.9. The Balaban J connectivity index is 2.05. The summed E-state index contributed by atoms with van der Waals surface area (Å²) in [7, 11) is 1.66. The monoisotopic (exact) mass is 293 g/mol. The molecule has 0 amide bonds. The highest BCUT2D eigenvalue weighted by Crippen LogP contribution is 2.34. The van der Waals surface area contributed by atoms with Gasteiger partial charge >= 0.3 is 0 Å². The van der Waals surface area contributed by atoms with Crippen LogP contribution in [0, 0.1) is 6.92 Å². The van der Waals surface area contributed by atoms with Gasteiger partial charge in [-0.05, 0) is 32.3 Å². The van der Waals surface area contributed by atoms with Gasteiger partial charge in [-0.15, -0.1) is 0 Å². The average Bonchev–Trinajstić information content (AvgIpc) is 2.67. The number of rotatable bonds is 6. The van der Waals surface area contributed by atoms with E-state index in [1.165, 1.54) is 11.1 Å². The minimum atomic E-state index is -0.757. The van der Waals surface area contributed by atoms with Crippen molar-refractivity contribution >= 4 is 0 Å². The Morgan fingerprint density at radius 2 is 2.29 bits per heavy atom. The SMILES string of the molecule is COCCC(C)(O)CNC1CCCOc2c(C)cccc21. The highest BCUT2D eigenvalue weighted by atomic mass is 16.5. The molecule has 0 aromatic heterocycles. The third-order valence-electron chi connectivity index (χ3n) is 4.08. The number of aliphatic hydroxyl groups is 1. The summed E-state index contributed by atoms with van der Waals surface area (Å²) in [4.78, 5) is 0. The maximum absolute atomic E-state index is 10.4. The van der Waals surface area contributed by atoms with Gasteiger partial charge in [0, 0.05) is 38.3 Å². The zero-order valence-electron chi connectivity index (χ0n) is 13.3. The number of nitrogens with one attached hydrogen (secondary N) is 1. The number of fused-ring (bicyclic) bond motifs is 1. The van der Waals surface area contributed by atoms with Gasteiger partial charge in [0.25, 0.3) is 0 Å². The average molecular weight is 293 g/mol. The molecule has 118 valence electrons. The smallest absolute Gasteiger partial charge is 0.126 e. The van der Waals surface area contributed by atoms with Gasteiger partial charge in [-0.25, -0.2) is 0 Å². The number of hydrogen-bond donors (Lipinski definition) is 2. The fraction of sp³-hybridized carbons (Fsp3) is 0.647. The summed E-state index contributed by atoms with van der Waals surface area (Å²) >= 11 is 0. The molecular weight excluding hydrogens is 266 g/mol. The molecule has 0 fully saturated rings. The first-order chi connectivity index (χ1) is 10.0. The van der Waals surface area contributed by atoms with Crippen LogP contribution >= 0.6 is 0 Å². The predicted octanol–water partition coefficient (Wildman–Crippen LogP) is 2.59. The van der Waals surface area contributed by atoms with Gasteiger partial charge in [0.2, 0.25) is 0 Å². The van der Waals surface area contributed by atoms with Crippen LogP contribution in [0.4, 0.5) is 0 Å². The fourth-order valence-corrected chi connectivity index (χ4v) is 2.73. The third-order valence-corrected chi connectivity index (χ3v) is 4.08. The highest BCUT2D eigenvalue weighted by molar-refractivity contribution is 5.43. The van der Waals surface area contributed by atoms with Crippen molar-refractivity contribution in [2.45, 2.75) is 44.8 Å². The van der Waals surface area contributed by atoms with Crippen molar-refractivity contribution in [3.63, 3.8) is 0 Å². The van der Waals surface area contributed by atoms with Crippen LogP contribution < -0.4 is 10.1 Å². The van der Waals surface area contributed by atoms with Gasteiger partial charge in [0.1, 0.15) is 5.75 Å². The van der Waals surface area contributed by atoms with E-state index >= 15 is 0 Å². The summed E-state index contributed by atoms with van der Waals surface area (Å²) in [6, 6.07) is 6.50. The van der Waals surface area contributed by atoms with Crippen molar-refractivity contribution in [2.75, 3.05) is 26.9 Å². The van der Waals surface area contributed by atoms with Crippen LogP contribution in [-0.4, -0.2) is 37.6 Å². The quantitative estimate of drug-likeness (QED) is 0.846. The molecule has 0 saturated heterocycles. The summed E-state index contributed by atoms with van der Waals surface area (Å²) in [6.45, 7) is 5.81. The Morgan fingerprint density at radius 1 is 1.48 bits per heavy atom. The normalized spacial score (nSPS) is 21.0. The molecule has 1 aliphatic rings. The van der Waals surface area contributed by atoms with E-state index in [0.717, 1.165) is 25.2 Å². The molecule has 2 atom stereocenters. The molecule has 2 unspecified atom stereocenters. The lowest BCUT2D eigenvalue weighted by Gasteiger charge is -2.27. The number of hydrogen-bond acceptors (Lipinski definition) is 4. The molecule has 21 heavy (non-hydrogen) atoms. The zero-order valence-corrected chi connectivity index (χ0v) is 13.3. The predicted molar refractivity (Wildman–Crippen MR) is 83.8 cm³/mol. The summed E-state index contributed by atoms with van der Waals surface area (Å²) in [5.41, 5.74) is 1.62. The van der Waals surface area contributed by atoms with Crippen LogP contribution in [0.5, 0.6) is 5.75 Å². The standard InChI is InChI=1S/C17H27NO3/c1-13-6-4-7-14-15(8-5-10-21-16(13)14)18-12-17(2,19)9-11-20-3/h4,6-7,15,18-19H,5,8-12H2,1-3H3. The number of benzene rings is 1. The second-order valence-corrected chi connectivity index (χ2v) is 6.16. The Bertz CT molecular complexity index is 459. The van der Waals surface area contributed by atoms with Gasteiger partial charge in [0.15, 0.2) is 0 Å². The lowest BCUT2D eigenvalue weighted by molar-refractivity contribution is 0.0225. The molecule has 1 heterocycles. The summed E-state index contributed by atoms with van der Waals surface area (Å²) in [5.74, 6) is 1.00. The van der Waals surface area contributed by atoms with Crippen molar-refractivity contribution in [2.24, 2.45) is 0 Å². The first-order valence-corrected chi connectivity index (χ1v) is 7.70.